The van der Waals surface area contributed by atoms with Crippen molar-refractivity contribution in [2.24, 2.45) is 7.05 Å². The Morgan fingerprint density at radius 2 is 1.97 bits per heavy atom. The summed E-state index contributed by atoms with van der Waals surface area (Å²) >= 11 is 0. The smallest absolute Gasteiger partial charge is 0.322 e. The summed E-state index contributed by atoms with van der Waals surface area (Å²) in [4.78, 5) is 29.9. The van der Waals surface area contributed by atoms with Gasteiger partial charge in [0.25, 0.3) is 0 Å². The molecule has 1 aliphatic rings. The van der Waals surface area contributed by atoms with Gasteiger partial charge in [-0.2, -0.15) is 0 Å². The average Bonchev–Trinajstić information content (AvgIpc) is 3.56. The predicted molar refractivity (Wildman–Crippen MR) is 124 cm³/mol. The molecule has 0 aliphatic heterocycles. The monoisotopic (exact) mass is 442 g/mol. The molecule has 32 heavy (non-hydrogen) atoms. The van der Waals surface area contributed by atoms with E-state index in [1.165, 1.54) is 0 Å². The van der Waals surface area contributed by atoms with Gasteiger partial charge in [0.05, 0.1) is 26.5 Å². The van der Waals surface area contributed by atoms with Gasteiger partial charge in [-0.1, -0.05) is 13.3 Å². The lowest BCUT2D eigenvalue weighted by Gasteiger charge is -2.28. The summed E-state index contributed by atoms with van der Waals surface area (Å²) in [5, 5.41) is 2.90. The number of nitrogens with zero attached hydrogens (tertiary/aromatic N) is 3. The molecule has 1 fully saturated rings. The summed E-state index contributed by atoms with van der Waals surface area (Å²) in [5.41, 5.74) is 1.62. The number of benzene rings is 1. The van der Waals surface area contributed by atoms with Gasteiger partial charge in [-0.25, -0.2) is 4.79 Å². The van der Waals surface area contributed by atoms with Crippen LogP contribution in [-0.2, 0) is 18.4 Å². The van der Waals surface area contributed by atoms with Gasteiger partial charge in [-0.15, -0.1) is 0 Å². The molecular formula is C24H34N4O4. The molecule has 1 aromatic heterocycles. The minimum Gasteiger partial charge on any atom is -0.497 e. The Morgan fingerprint density at radius 3 is 2.56 bits per heavy atom. The van der Waals surface area contributed by atoms with Crippen LogP contribution in [0.15, 0.2) is 36.5 Å². The lowest BCUT2D eigenvalue weighted by Crippen LogP contribution is -2.45. The van der Waals surface area contributed by atoms with Gasteiger partial charge in [0.15, 0.2) is 0 Å². The molecule has 3 amide bonds. The minimum atomic E-state index is -0.315. The summed E-state index contributed by atoms with van der Waals surface area (Å²) < 4.78 is 12.6. The maximum Gasteiger partial charge on any atom is 0.322 e. The maximum atomic E-state index is 13.3. The number of amides is 3. The standard InChI is InChI=1S/C24H34N4O4/c1-5-6-14-27(24(30)25-21-12-11-20(31-3)15-22(21)32-4)17-23(29)28(18-9-10-18)16-19-8-7-13-26(19)2/h7-8,11-13,15,18H,5-6,9-10,14,16-17H2,1-4H3,(H,25,30). The summed E-state index contributed by atoms with van der Waals surface area (Å²) in [6.45, 7) is 3.18. The van der Waals surface area contributed by atoms with Crippen LogP contribution >= 0.6 is 0 Å². The van der Waals surface area contributed by atoms with Crippen LogP contribution in [0, 0.1) is 0 Å². The molecule has 0 atom stereocenters. The number of hydrogen-bond acceptors (Lipinski definition) is 4. The molecule has 3 rings (SSSR count). The molecule has 8 heteroatoms. The molecule has 1 aromatic carbocycles. The van der Waals surface area contributed by atoms with Crippen molar-refractivity contribution in [1.29, 1.82) is 0 Å². The van der Waals surface area contributed by atoms with Crippen molar-refractivity contribution in [2.75, 3.05) is 32.6 Å². The van der Waals surface area contributed by atoms with Crippen LogP contribution in [-0.4, -0.2) is 59.7 Å². The number of aryl methyl sites for hydroxylation is 1. The fourth-order valence-corrected chi connectivity index (χ4v) is 3.59. The van der Waals surface area contributed by atoms with Gasteiger partial charge in [0, 0.05) is 37.6 Å². The van der Waals surface area contributed by atoms with Crippen molar-refractivity contribution in [1.82, 2.24) is 14.4 Å². The quantitative estimate of drug-likeness (QED) is 0.573. The van der Waals surface area contributed by atoms with Gasteiger partial charge in [-0.3, -0.25) is 4.79 Å². The zero-order valence-electron chi connectivity index (χ0n) is 19.5. The zero-order chi connectivity index (χ0) is 23.1. The second-order valence-corrected chi connectivity index (χ2v) is 8.13. The number of methoxy groups -OCH3 is 2. The first-order chi connectivity index (χ1) is 15.5. The Hall–Kier alpha value is -3.16. The summed E-state index contributed by atoms with van der Waals surface area (Å²) in [7, 11) is 5.10. The van der Waals surface area contributed by atoms with E-state index >= 15 is 0 Å². The van der Waals surface area contributed by atoms with Crippen LogP contribution in [0.1, 0.15) is 38.3 Å². The molecule has 1 saturated carbocycles. The second kappa shape index (κ2) is 10.9. The number of rotatable bonds is 11. The van der Waals surface area contributed by atoms with Crippen molar-refractivity contribution in [2.45, 2.75) is 45.2 Å². The number of anilines is 1. The number of hydrogen-bond donors (Lipinski definition) is 1. The Kier molecular flexibility index (Phi) is 8.03. The predicted octanol–water partition coefficient (Wildman–Crippen LogP) is 3.87. The molecule has 0 bridgehead atoms. The van der Waals surface area contributed by atoms with Crippen LogP contribution in [0.5, 0.6) is 11.5 Å². The molecule has 0 unspecified atom stereocenters. The van der Waals surface area contributed by atoms with E-state index in [2.05, 4.69) is 12.2 Å². The first kappa shape index (κ1) is 23.5. The maximum absolute atomic E-state index is 13.3. The highest BCUT2D eigenvalue weighted by Crippen LogP contribution is 2.30. The number of ether oxygens (including phenoxy) is 2. The highest BCUT2D eigenvalue weighted by Gasteiger charge is 2.34. The highest BCUT2D eigenvalue weighted by atomic mass is 16.5. The molecule has 0 spiro atoms. The summed E-state index contributed by atoms with van der Waals surface area (Å²) in [6.07, 6.45) is 5.76. The Balaban J connectivity index is 1.71. The van der Waals surface area contributed by atoms with Crippen molar-refractivity contribution in [3.05, 3.63) is 42.2 Å². The van der Waals surface area contributed by atoms with Gasteiger partial charge >= 0.3 is 6.03 Å². The third-order valence-corrected chi connectivity index (χ3v) is 5.74. The van der Waals surface area contributed by atoms with E-state index < -0.39 is 0 Å². The largest absolute Gasteiger partial charge is 0.497 e. The van der Waals surface area contributed by atoms with E-state index in [1.54, 1.807) is 37.3 Å². The van der Waals surface area contributed by atoms with Gasteiger partial charge in [0.1, 0.15) is 18.0 Å². The van der Waals surface area contributed by atoms with Gasteiger partial charge in [0.2, 0.25) is 5.91 Å². The fraction of sp³-hybridized carbons (Fsp3) is 0.500. The molecule has 1 N–H and O–H groups in total. The molecule has 8 nitrogen and oxygen atoms in total. The van der Waals surface area contributed by atoms with Crippen molar-refractivity contribution in [3.63, 3.8) is 0 Å². The van der Waals surface area contributed by atoms with E-state index in [0.29, 0.717) is 30.3 Å². The lowest BCUT2D eigenvalue weighted by molar-refractivity contribution is -0.133. The van der Waals surface area contributed by atoms with E-state index in [0.717, 1.165) is 31.4 Å². The molecule has 0 saturated heterocycles. The third kappa shape index (κ3) is 5.96. The first-order valence-corrected chi connectivity index (χ1v) is 11.1. The Bertz CT molecular complexity index is 922. The van der Waals surface area contributed by atoms with Crippen LogP contribution < -0.4 is 14.8 Å². The highest BCUT2D eigenvalue weighted by molar-refractivity contribution is 5.93. The van der Waals surface area contributed by atoms with Crippen LogP contribution in [0.25, 0.3) is 0 Å². The topological polar surface area (TPSA) is 76.0 Å². The second-order valence-electron chi connectivity index (χ2n) is 8.13. The van der Waals surface area contributed by atoms with E-state index in [1.807, 2.05) is 34.8 Å². The van der Waals surface area contributed by atoms with Gasteiger partial charge in [-0.05, 0) is 43.5 Å². The summed E-state index contributed by atoms with van der Waals surface area (Å²) in [6, 6.07) is 9.16. The van der Waals surface area contributed by atoms with E-state index in [-0.39, 0.29) is 24.5 Å². The fourth-order valence-electron chi connectivity index (χ4n) is 3.59. The van der Waals surface area contributed by atoms with Crippen LogP contribution in [0.2, 0.25) is 0 Å². The molecular weight excluding hydrogens is 408 g/mol. The number of carbonyl (C=O) groups excluding carboxylic acids is 2. The Labute approximate surface area is 190 Å². The number of nitrogens with one attached hydrogen (secondary N) is 1. The first-order valence-electron chi connectivity index (χ1n) is 11.1. The van der Waals surface area contributed by atoms with Crippen molar-refractivity contribution >= 4 is 17.6 Å². The number of aromatic nitrogens is 1. The third-order valence-electron chi connectivity index (χ3n) is 5.74. The van der Waals surface area contributed by atoms with Crippen molar-refractivity contribution < 1.29 is 19.1 Å². The molecule has 2 aromatic rings. The SMILES string of the molecule is CCCCN(CC(=O)N(Cc1cccn1C)C1CC1)C(=O)Nc1ccc(OC)cc1OC. The number of unbranched alkanes of at least 4 members (excludes halogenated alkanes) is 1. The van der Waals surface area contributed by atoms with Crippen LogP contribution in [0.3, 0.4) is 0 Å². The molecule has 1 heterocycles. The zero-order valence-corrected chi connectivity index (χ0v) is 19.5. The van der Waals surface area contributed by atoms with Gasteiger partial charge < -0.3 is 29.2 Å². The van der Waals surface area contributed by atoms with Crippen molar-refractivity contribution in [3.8, 4) is 11.5 Å². The average molecular weight is 443 g/mol. The minimum absolute atomic E-state index is 0.0263. The number of urea groups is 1. The molecule has 174 valence electrons. The normalized spacial score (nSPS) is 12.9. The van der Waals surface area contributed by atoms with Crippen LogP contribution in [0.4, 0.5) is 10.5 Å². The number of carbonyl (C=O) groups is 2. The Morgan fingerprint density at radius 1 is 1.19 bits per heavy atom. The molecule has 0 radical (unpaired) electrons. The molecule has 1 aliphatic carbocycles. The lowest BCUT2D eigenvalue weighted by atomic mass is 10.2. The summed E-state index contributed by atoms with van der Waals surface area (Å²) in [5.74, 6) is 1.11. The van der Waals surface area contributed by atoms with E-state index in [4.69, 9.17) is 9.47 Å². The van der Waals surface area contributed by atoms with E-state index in [9.17, 15) is 9.59 Å².